The fraction of sp³-hybridized carbons (Fsp3) is 0.588. The van der Waals surface area contributed by atoms with Crippen LogP contribution < -0.4 is 9.47 Å². The van der Waals surface area contributed by atoms with E-state index in [0.29, 0.717) is 23.7 Å². The van der Waals surface area contributed by atoms with E-state index in [4.69, 9.17) is 9.47 Å². The molecule has 1 N–H and O–H groups in total. The smallest absolute Gasteiger partial charge is 0.325 e. The molecule has 0 saturated carbocycles. The van der Waals surface area contributed by atoms with Gasteiger partial charge in [0.15, 0.2) is 11.5 Å². The van der Waals surface area contributed by atoms with Crippen molar-refractivity contribution in [1.82, 2.24) is 9.80 Å². The van der Waals surface area contributed by atoms with Crippen LogP contribution in [0.4, 0.5) is 0 Å². The van der Waals surface area contributed by atoms with E-state index in [1.54, 1.807) is 19.2 Å². The van der Waals surface area contributed by atoms with Gasteiger partial charge in [0.2, 0.25) is 0 Å². The van der Waals surface area contributed by atoms with Crippen LogP contribution in [-0.4, -0.2) is 67.3 Å². The number of carbonyl (C=O) groups is 1. The standard InChI is InChI=1S/C17H26N2O4/c1-5-23-14-7-6-13(10-15(14)22-4)16(17(20)21)19-9-8-18(3)11-12(19)2/h6-7,10,12,16H,5,8-9,11H2,1-4H3,(H,20,21). The van der Waals surface area contributed by atoms with Gasteiger partial charge in [-0.05, 0) is 38.6 Å². The molecule has 2 atom stereocenters. The SMILES string of the molecule is CCOc1ccc(C(C(=O)O)N2CCN(C)CC2C)cc1OC. The Morgan fingerprint density at radius 2 is 2.13 bits per heavy atom. The zero-order valence-electron chi connectivity index (χ0n) is 14.3. The van der Waals surface area contributed by atoms with E-state index >= 15 is 0 Å². The zero-order chi connectivity index (χ0) is 17.0. The van der Waals surface area contributed by atoms with Gasteiger partial charge in [-0.1, -0.05) is 6.07 Å². The summed E-state index contributed by atoms with van der Waals surface area (Å²) in [5.41, 5.74) is 0.717. The minimum atomic E-state index is -0.840. The minimum Gasteiger partial charge on any atom is -0.493 e. The lowest BCUT2D eigenvalue weighted by atomic mass is 10.0. The lowest BCUT2D eigenvalue weighted by molar-refractivity contribution is -0.145. The first kappa shape index (κ1) is 17.6. The van der Waals surface area contributed by atoms with Crippen molar-refractivity contribution >= 4 is 5.97 Å². The second-order valence-electron chi connectivity index (χ2n) is 5.93. The van der Waals surface area contributed by atoms with Crippen LogP contribution in [0, 0.1) is 0 Å². The molecule has 128 valence electrons. The second-order valence-corrected chi connectivity index (χ2v) is 5.93. The van der Waals surface area contributed by atoms with E-state index in [0.717, 1.165) is 19.6 Å². The van der Waals surface area contributed by atoms with Gasteiger partial charge in [-0.15, -0.1) is 0 Å². The molecule has 6 heteroatoms. The van der Waals surface area contributed by atoms with Crippen molar-refractivity contribution in [3.8, 4) is 11.5 Å². The van der Waals surface area contributed by atoms with Crippen molar-refractivity contribution < 1.29 is 19.4 Å². The van der Waals surface area contributed by atoms with Gasteiger partial charge in [0.05, 0.1) is 13.7 Å². The fourth-order valence-electron chi connectivity index (χ4n) is 3.14. The molecule has 0 radical (unpaired) electrons. The Kier molecular flexibility index (Phi) is 5.85. The summed E-state index contributed by atoms with van der Waals surface area (Å²) in [5, 5.41) is 9.77. The van der Waals surface area contributed by atoms with Crippen molar-refractivity contribution in [3.05, 3.63) is 23.8 Å². The highest BCUT2D eigenvalue weighted by atomic mass is 16.5. The molecule has 1 aromatic rings. The van der Waals surface area contributed by atoms with Crippen molar-refractivity contribution in [1.29, 1.82) is 0 Å². The number of benzene rings is 1. The summed E-state index contributed by atoms with van der Waals surface area (Å²) < 4.78 is 10.9. The molecule has 1 heterocycles. The molecule has 0 aromatic heterocycles. The molecule has 1 aliphatic rings. The first-order chi connectivity index (χ1) is 11.0. The highest BCUT2D eigenvalue weighted by molar-refractivity contribution is 5.76. The van der Waals surface area contributed by atoms with E-state index in [9.17, 15) is 9.90 Å². The monoisotopic (exact) mass is 322 g/mol. The average molecular weight is 322 g/mol. The van der Waals surface area contributed by atoms with E-state index in [2.05, 4.69) is 18.9 Å². The second kappa shape index (κ2) is 7.66. The summed E-state index contributed by atoms with van der Waals surface area (Å²) in [4.78, 5) is 16.2. The summed E-state index contributed by atoms with van der Waals surface area (Å²) in [7, 11) is 3.62. The summed E-state index contributed by atoms with van der Waals surface area (Å²) in [6, 6.07) is 4.87. The zero-order valence-corrected chi connectivity index (χ0v) is 14.3. The first-order valence-electron chi connectivity index (χ1n) is 7.95. The average Bonchev–Trinajstić information content (AvgIpc) is 2.51. The normalized spacial score (nSPS) is 21.0. The number of aliphatic carboxylic acids is 1. The first-order valence-corrected chi connectivity index (χ1v) is 7.95. The van der Waals surface area contributed by atoms with Gasteiger partial charge in [-0.2, -0.15) is 0 Å². The largest absolute Gasteiger partial charge is 0.493 e. The van der Waals surface area contributed by atoms with E-state index in [1.165, 1.54) is 0 Å². The van der Waals surface area contributed by atoms with E-state index < -0.39 is 12.0 Å². The van der Waals surface area contributed by atoms with Crippen LogP contribution in [0.1, 0.15) is 25.5 Å². The van der Waals surface area contributed by atoms with Gasteiger partial charge in [0, 0.05) is 25.7 Å². The lowest BCUT2D eigenvalue weighted by Crippen LogP contribution is -2.53. The number of nitrogens with zero attached hydrogens (tertiary/aromatic N) is 2. The highest BCUT2D eigenvalue weighted by Crippen LogP contribution is 2.33. The molecule has 0 amide bonds. The summed E-state index contributed by atoms with van der Waals surface area (Å²) in [6.07, 6.45) is 0. The van der Waals surface area contributed by atoms with Crippen molar-refractivity contribution in [2.75, 3.05) is 40.4 Å². The third-order valence-corrected chi connectivity index (χ3v) is 4.25. The molecule has 0 bridgehead atoms. The number of carboxylic acid groups (broad SMARTS) is 1. The topological polar surface area (TPSA) is 62.2 Å². The van der Waals surface area contributed by atoms with Crippen LogP contribution in [0.2, 0.25) is 0 Å². The highest BCUT2D eigenvalue weighted by Gasteiger charge is 2.34. The van der Waals surface area contributed by atoms with Crippen LogP contribution in [0.15, 0.2) is 18.2 Å². The van der Waals surface area contributed by atoms with Gasteiger partial charge >= 0.3 is 5.97 Å². The number of likely N-dealkylation sites (N-methyl/N-ethyl adjacent to an activating group) is 1. The van der Waals surface area contributed by atoms with Crippen molar-refractivity contribution in [3.63, 3.8) is 0 Å². The van der Waals surface area contributed by atoms with Crippen LogP contribution in [0.5, 0.6) is 11.5 Å². The Balaban J connectivity index is 2.32. The number of rotatable bonds is 6. The molecule has 2 unspecified atom stereocenters. The third-order valence-electron chi connectivity index (χ3n) is 4.25. The van der Waals surface area contributed by atoms with E-state index in [-0.39, 0.29) is 6.04 Å². The molecule has 23 heavy (non-hydrogen) atoms. The van der Waals surface area contributed by atoms with Crippen molar-refractivity contribution in [2.45, 2.75) is 25.9 Å². The predicted octanol–water partition coefficient (Wildman–Crippen LogP) is 1.86. The number of hydrogen-bond donors (Lipinski definition) is 1. The Morgan fingerprint density at radius 1 is 1.39 bits per heavy atom. The molecule has 6 nitrogen and oxygen atoms in total. The fourth-order valence-corrected chi connectivity index (χ4v) is 3.14. The molecule has 1 saturated heterocycles. The number of methoxy groups -OCH3 is 1. The number of piperazine rings is 1. The predicted molar refractivity (Wildman–Crippen MR) is 88.2 cm³/mol. The van der Waals surface area contributed by atoms with E-state index in [1.807, 2.05) is 17.9 Å². The molecular weight excluding hydrogens is 296 g/mol. The Morgan fingerprint density at radius 3 is 2.70 bits per heavy atom. The molecular formula is C17H26N2O4. The van der Waals surface area contributed by atoms with Gasteiger partial charge in [-0.3, -0.25) is 9.69 Å². The number of carboxylic acids is 1. The maximum Gasteiger partial charge on any atom is 0.325 e. The van der Waals surface area contributed by atoms with Gasteiger partial charge in [-0.25, -0.2) is 0 Å². The number of ether oxygens (including phenoxy) is 2. The number of hydrogen-bond acceptors (Lipinski definition) is 5. The maximum atomic E-state index is 11.9. The molecule has 1 aliphatic heterocycles. The Hall–Kier alpha value is -1.79. The molecule has 0 spiro atoms. The Bertz CT molecular complexity index is 549. The Labute approximate surface area is 137 Å². The summed E-state index contributed by atoms with van der Waals surface area (Å²) >= 11 is 0. The summed E-state index contributed by atoms with van der Waals surface area (Å²) in [6.45, 7) is 6.95. The van der Waals surface area contributed by atoms with Crippen LogP contribution in [0.25, 0.3) is 0 Å². The summed E-state index contributed by atoms with van der Waals surface area (Å²) in [5.74, 6) is 0.360. The maximum absolute atomic E-state index is 11.9. The van der Waals surface area contributed by atoms with Gasteiger partial charge in [0.1, 0.15) is 6.04 Å². The van der Waals surface area contributed by atoms with Crippen molar-refractivity contribution in [2.24, 2.45) is 0 Å². The molecule has 1 fully saturated rings. The molecule has 0 aliphatic carbocycles. The van der Waals surface area contributed by atoms with Gasteiger partial charge in [0.25, 0.3) is 0 Å². The van der Waals surface area contributed by atoms with Crippen LogP contribution in [-0.2, 0) is 4.79 Å². The van der Waals surface area contributed by atoms with Crippen LogP contribution in [0.3, 0.4) is 0 Å². The lowest BCUT2D eigenvalue weighted by Gasteiger charge is -2.41. The molecule has 2 rings (SSSR count). The third kappa shape index (κ3) is 3.95. The van der Waals surface area contributed by atoms with Crippen LogP contribution >= 0.6 is 0 Å². The molecule has 1 aromatic carbocycles. The quantitative estimate of drug-likeness (QED) is 0.862. The minimum absolute atomic E-state index is 0.174. The van der Waals surface area contributed by atoms with Gasteiger partial charge < -0.3 is 19.5 Å².